The molecule has 0 aromatic heterocycles. The first-order valence-electron chi connectivity index (χ1n) is 9.80. The molecule has 1 aromatic rings. The summed E-state index contributed by atoms with van der Waals surface area (Å²) < 4.78 is 0. The Balaban J connectivity index is 2.36. The van der Waals surface area contributed by atoms with E-state index >= 15 is 0 Å². The Morgan fingerprint density at radius 3 is 2.13 bits per heavy atom. The monoisotopic (exact) mass is 317 g/mol. The molecule has 0 fully saturated rings. The third-order valence-electron chi connectivity index (χ3n) is 5.02. The smallest absolute Gasteiger partial charge is 0.00104 e. The molecule has 0 bridgehead atoms. The summed E-state index contributed by atoms with van der Waals surface area (Å²) in [6.45, 7) is 9.09. The average Bonchev–Trinajstić information content (AvgIpc) is 2.50. The van der Waals surface area contributed by atoms with Crippen LogP contribution in [-0.2, 0) is 11.8 Å². The highest BCUT2D eigenvalue weighted by Gasteiger charge is 2.20. The Labute approximate surface area is 145 Å². The van der Waals surface area contributed by atoms with Gasteiger partial charge in [0.15, 0.2) is 0 Å². The fourth-order valence-corrected chi connectivity index (χ4v) is 3.24. The molecule has 0 aliphatic rings. The Hall–Kier alpha value is -0.820. The number of hydrogen-bond donors (Lipinski definition) is 1. The highest BCUT2D eigenvalue weighted by atomic mass is 14.6. The lowest BCUT2D eigenvalue weighted by atomic mass is 9.79. The van der Waals surface area contributed by atoms with E-state index in [1.54, 1.807) is 0 Å². The first kappa shape index (κ1) is 20.2. The SMILES string of the molecule is CCCCCCCCc1ccc(C(C)(C)CCCC(C)N)cc1. The van der Waals surface area contributed by atoms with Gasteiger partial charge in [0.25, 0.3) is 0 Å². The van der Waals surface area contributed by atoms with E-state index in [2.05, 4.69) is 52.0 Å². The molecule has 23 heavy (non-hydrogen) atoms. The van der Waals surface area contributed by atoms with E-state index in [4.69, 9.17) is 5.73 Å². The molecule has 0 aliphatic carbocycles. The number of hydrogen-bond acceptors (Lipinski definition) is 1. The molecule has 1 nitrogen and oxygen atoms in total. The van der Waals surface area contributed by atoms with Crippen LogP contribution in [0, 0.1) is 0 Å². The third kappa shape index (κ3) is 8.55. The van der Waals surface area contributed by atoms with Crippen LogP contribution in [0.15, 0.2) is 24.3 Å². The highest BCUT2D eigenvalue weighted by molar-refractivity contribution is 5.28. The second kappa shape index (κ2) is 10.9. The quantitative estimate of drug-likeness (QED) is 0.444. The maximum atomic E-state index is 5.87. The molecule has 1 rings (SSSR count). The summed E-state index contributed by atoms with van der Waals surface area (Å²) in [6, 6.07) is 9.70. The molecule has 1 unspecified atom stereocenters. The summed E-state index contributed by atoms with van der Waals surface area (Å²) in [5.74, 6) is 0. The van der Waals surface area contributed by atoms with Gasteiger partial charge in [0.05, 0.1) is 0 Å². The molecule has 1 aromatic carbocycles. The zero-order valence-electron chi connectivity index (χ0n) is 16.0. The predicted molar refractivity (Wildman–Crippen MR) is 104 cm³/mol. The van der Waals surface area contributed by atoms with Crippen molar-refractivity contribution in [1.29, 1.82) is 0 Å². The molecule has 132 valence electrons. The summed E-state index contributed by atoms with van der Waals surface area (Å²) in [4.78, 5) is 0. The molecule has 0 heterocycles. The zero-order chi connectivity index (χ0) is 17.1. The summed E-state index contributed by atoms with van der Waals surface area (Å²) >= 11 is 0. The predicted octanol–water partition coefficient (Wildman–Crippen LogP) is 6.38. The summed E-state index contributed by atoms with van der Waals surface area (Å²) in [7, 11) is 0. The Morgan fingerprint density at radius 2 is 1.52 bits per heavy atom. The van der Waals surface area contributed by atoms with Gasteiger partial charge in [-0.1, -0.05) is 83.6 Å². The van der Waals surface area contributed by atoms with Crippen LogP contribution in [0.5, 0.6) is 0 Å². The number of benzene rings is 1. The van der Waals surface area contributed by atoms with E-state index in [9.17, 15) is 0 Å². The minimum Gasteiger partial charge on any atom is -0.328 e. The van der Waals surface area contributed by atoms with Crippen LogP contribution in [0.1, 0.15) is 96.6 Å². The number of unbranched alkanes of at least 4 members (excludes halogenated alkanes) is 5. The van der Waals surface area contributed by atoms with Crippen molar-refractivity contribution in [2.45, 2.75) is 103 Å². The largest absolute Gasteiger partial charge is 0.328 e. The third-order valence-corrected chi connectivity index (χ3v) is 5.02. The van der Waals surface area contributed by atoms with Crippen LogP contribution in [0.2, 0.25) is 0 Å². The van der Waals surface area contributed by atoms with E-state index in [-0.39, 0.29) is 5.41 Å². The minimum absolute atomic E-state index is 0.258. The molecule has 1 atom stereocenters. The van der Waals surface area contributed by atoms with Gasteiger partial charge in [0, 0.05) is 6.04 Å². The minimum atomic E-state index is 0.258. The Kier molecular flexibility index (Phi) is 9.55. The van der Waals surface area contributed by atoms with E-state index in [1.807, 2.05) is 0 Å². The van der Waals surface area contributed by atoms with Crippen LogP contribution in [0.4, 0.5) is 0 Å². The van der Waals surface area contributed by atoms with E-state index < -0.39 is 0 Å². The van der Waals surface area contributed by atoms with Crippen LogP contribution in [0.3, 0.4) is 0 Å². The van der Waals surface area contributed by atoms with Gasteiger partial charge in [-0.05, 0) is 49.1 Å². The molecule has 0 radical (unpaired) electrons. The summed E-state index contributed by atoms with van der Waals surface area (Å²) in [5, 5.41) is 0. The van der Waals surface area contributed by atoms with E-state index in [0.717, 1.165) is 6.42 Å². The molecule has 1 heteroatoms. The second-order valence-corrected chi connectivity index (χ2v) is 7.97. The van der Waals surface area contributed by atoms with Gasteiger partial charge in [-0.15, -0.1) is 0 Å². The van der Waals surface area contributed by atoms with Crippen molar-refractivity contribution in [2.75, 3.05) is 0 Å². The van der Waals surface area contributed by atoms with Crippen molar-refractivity contribution in [3.05, 3.63) is 35.4 Å². The number of rotatable bonds is 12. The number of aryl methyl sites for hydroxylation is 1. The molecule has 0 amide bonds. The zero-order valence-corrected chi connectivity index (χ0v) is 16.0. The van der Waals surface area contributed by atoms with E-state index in [1.165, 1.54) is 68.9 Å². The van der Waals surface area contributed by atoms with Crippen LogP contribution >= 0.6 is 0 Å². The molecule has 2 N–H and O–H groups in total. The molecule has 0 saturated heterocycles. The van der Waals surface area contributed by atoms with Crippen molar-refractivity contribution < 1.29 is 0 Å². The average molecular weight is 318 g/mol. The maximum absolute atomic E-state index is 5.87. The fourth-order valence-electron chi connectivity index (χ4n) is 3.24. The Bertz CT molecular complexity index is 402. The van der Waals surface area contributed by atoms with E-state index in [0.29, 0.717) is 6.04 Å². The topological polar surface area (TPSA) is 26.0 Å². The first-order chi connectivity index (χ1) is 11.0. The van der Waals surface area contributed by atoms with Crippen molar-refractivity contribution in [3.8, 4) is 0 Å². The van der Waals surface area contributed by atoms with Gasteiger partial charge >= 0.3 is 0 Å². The molecular formula is C22H39N. The molecule has 0 spiro atoms. The molecule has 0 aliphatic heterocycles. The lowest BCUT2D eigenvalue weighted by Gasteiger charge is -2.26. The van der Waals surface area contributed by atoms with Gasteiger partial charge in [-0.3, -0.25) is 0 Å². The fraction of sp³-hybridized carbons (Fsp3) is 0.727. The lowest BCUT2D eigenvalue weighted by molar-refractivity contribution is 0.439. The second-order valence-electron chi connectivity index (χ2n) is 7.97. The highest BCUT2D eigenvalue weighted by Crippen LogP contribution is 2.29. The summed E-state index contributed by atoms with van der Waals surface area (Å²) in [6.07, 6.45) is 13.0. The summed E-state index contributed by atoms with van der Waals surface area (Å²) in [5.41, 5.74) is 9.09. The standard InChI is InChI=1S/C22H39N/c1-5-6-7-8-9-10-13-20-14-16-21(17-15-20)22(3,4)18-11-12-19(2)23/h14-17,19H,5-13,18,23H2,1-4H3. The normalized spacial score (nSPS) is 13.3. The number of nitrogens with two attached hydrogens (primary N) is 1. The van der Waals surface area contributed by atoms with Crippen molar-refractivity contribution >= 4 is 0 Å². The van der Waals surface area contributed by atoms with Crippen LogP contribution in [-0.4, -0.2) is 6.04 Å². The van der Waals surface area contributed by atoms with Gasteiger partial charge < -0.3 is 5.73 Å². The van der Waals surface area contributed by atoms with Gasteiger partial charge in [0.2, 0.25) is 0 Å². The van der Waals surface area contributed by atoms with Crippen LogP contribution in [0.25, 0.3) is 0 Å². The first-order valence-corrected chi connectivity index (χ1v) is 9.80. The molecular weight excluding hydrogens is 278 g/mol. The van der Waals surface area contributed by atoms with Gasteiger partial charge in [-0.25, -0.2) is 0 Å². The van der Waals surface area contributed by atoms with Gasteiger partial charge in [0.1, 0.15) is 0 Å². The van der Waals surface area contributed by atoms with Crippen molar-refractivity contribution in [1.82, 2.24) is 0 Å². The Morgan fingerprint density at radius 1 is 0.913 bits per heavy atom. The van der Waals surface area contributed by atoms with Gasteiger partial charge in [-0.2, -0.15) is 0 Å². The van der Waals surface area contributed by atoms with Crippen LogP contribution < -0.4 is 5.73 Å². The maximum Gasteiger partial charge on any atom is 0.00104 e. The lowest BCUT2D eigenvalue weighted by Crippen LogP contribution is -2.20. The molecule has 0 saturated carbocycles. The van der Waals surface area contributed by atoms with Crippen molar-refractivity contribution in [2.24, 2.45) is 5.73 Å². The van der Waals surface area contributed by atoms with Crippen molar-refractivity contribution in [3.63, 3.8) is 0 Å².